The van der Waals surface area contributed by atoms with E-state index in [2.05, 4.69) is 22.0 Å². The first kappa shape index (κ1) is 18.3. The van der Waals surface area contributed by atoms with Crippen LogP contribution < -0.4 is 5.32 Å². The minimum Gasteiger partial charge on any atom is -0.440 e. The van der Waals surface area contributed by atoms with E-state index in [1.54, 1.807) is 7.05 Å². The average molecular weight is 344 g/mol. The largest absolute Gasteiger partial charge is 0.440 e. The van der Waals surface area contributed by atoms with E-state index in [1.165, 1.54) is 6.07 Å². The van der Waals surface area contributed by atoms with Gasteiger partial charge in [0.25, 0.3) is 0 Å². The van der Waals surface area contributed by atoms with Crippen LogP contribution in [0.25, 0.3) is 17.2 Å². The maximum absolute atomic E-state index is 13.5. The molecule has 1 aromatic carbocycles. The first-order valence-electron chi connectivity index (χ1n) is 7.65. The van der Waals surface area contributed by atoms with Crippen molar-refractivity contribution in [1.29, 1.82) is 5.26 Å². The SMILES string of the molecule is C=N/C(=C(/C#N)NC)c1nc(-c2ccc(F)c(F)c2)oc1CC(C)C. The molecule has 0 unspecified atom stereocenters. The van der Waals surface area contributed by atoms with Gasteiger partial charge in [0.2, 0.25) is 5.89 Å². The molecule has 0 amide bonds. The molecular weight excluding hydrogens is 326 g/mol. The smallest absolute Gasteiger partial charge is 0.227 e. The first-order chi connectivity index (χ1) is 11.9. The maximum Gasteiger partial charge on any atom is 0.227 e. The molecule has 0 radical (unpaired) electrons. The zero-order valence-corrected chi connectivity index (χ0v) is 14.2. The predicted molar refractivity (Wildman–Crippen MR) is 91.5 cm³/mol. The number of hydrogen-bond acceptors (Lipinski definition) is 5. The zero-order valence-electron chi connectivity index (χ0n) is 14.2. The van der Waals surface area contributed by atoms with Gasteiger partial charge >= 0.3 is 0 Å². The van der Waals surface area contributed by atoms with Crippen molar-refractivity contribution in [2.24, 2.45) is 10.9 Å². The number of nitriles is 1. The minimum atomic E-state index is -0.992. The molecule has 0 bridgehead atoms. The molecule has 25 heavy (non-hydrogen) atoms. The van der Waals surface area contributed by atoms with Crippen LogP contribution in [0.3, 0.4) is 0 Å². The standard InChI is InChI=1S/C18H18F2N4O/c1-10(2)7-15-17(16(23-4)14(9-21)22-3)24-18(25-15)11-5-6-12(19)13(20)8-11/h5-6,8,10,22H,4,7H2,1-3H3/b16-14-. The van der Waals surface area contributed by atoms with Gasteiger partial charge in [0.15, 0.2) is 11.6 Å². The Hall–Kier alpha value is -3.01. The van der Waals surface area contributed by atoms with Crippen LogP contribution in [0.4, 0.5) is 8.78 Å². The molecule has 0 fully saturated rings. The van der Waals surface area contributed by atoms with Gasteiger partial charge in [-0.15, -0.1) is 0 Å². The number of oxazole rings is 1. The van der Waals surface area contributed by atoms with E-state index in [0.29, 0.717) is 23.4 Å². The highest BCUT2D eigenvalue weighted by molar-refractivity contribution is 5.73. The van der Waals surface area contributed by atoms with Crippen LogP contribution in [0.5, 0.6) is 0 Å². The van der Waals surface area contributed by atoms with Gasteiger partial charge in [-0.05, 0) is 30.8 Å². The van der Waals surface area contributed by atoms with Gasteiger partial charge in [-0.25, -0.2) is 13.8 Å². The summed E-state index contributed by atoms with van der Waals surface area (Å²) >= 11 is 0. The van der Waals surface area contributed by atoms with Gasteiger partial charge in [0, 0.05) is 19.0 Å². The highest BCUT2D eigenvalue weighted by Crippen LogP contribution is 2.30. The summed E-state index contributed by atoms with van der Waals surface area (Å²) in [6.07, 6.45) is 0.535. The van der Waals surface area contributed by atoms with E-state index < -0.39 is 11.6 Å². The topological polar surface area (TPSA) is 74.2 Å². The second kappa shape index (κ2) is 7.71. The molecule has 0 saturated carbocycles. The van der Waals surface area contributed by atoms with Crippen molar-refractivity contribution < 1.29 is 13.2 Å². The van der Waals surface area contributed by atoms with Gasteiger partial charge in [0.1, 0.15) is 28.9 Å². The number of aromatic nitrogens is 1. The molecular formula is C18H18F2N4O. The van der Waals surface area contributed by atoms with Crippen molar-refractivity contribution in [3.63, 3.8) is 0 Å². The lowest BCUT2D eigenvalue weighted by molar-refractivity contribution is 0.476. The first-order valence-corrected chi connectivity index (χ1v) is 7.65. The molecule has 5 nitrogen and oxygen atoms in total. The lowest BCUT2D eigenvalue weighted by atomic mass is 10.1. The normalized spacial score (nSPS) is 11.9. The third-order valence-electron chi connectivity index (χ3n) is 3.44. The van der Waals surface area contributed by atoms with Crippen molar-refractivity contribution in [2.75, 3.05) is 7.05 Å². The average Bonchev–Trinajstić information content (AvgIpc) is 2.97. The fraction of sp³-hybridized carbons (Fsp3) is 0.278. The Morgan fingerprint density at radius 3 is 2.64 bits per heavy atom. The molecule has 1 heterocycles. The molecule has 2 aromatic rings. The Kier molecular flexibility index (Phi) is 5.65. The zero-order chi connectivity index (χ0) is 18.6. The van der Waals surface area contributed by atoms with Crippen molar-refractivity contribution in [2.45, 2.75) is 20.3 Å². The van der Waals surface area contributed by atoms with E-state index in [4.69, 9.17) is 4.42 Å². The fourth-order valence-electron chi connectivity index (χ4n) is 2.30. The van der Waals surface area contributed by atoms with E-state index >= 15 is 0 Å². The molecule has 1 aromatic heterocycles. The number of hydrogen-bond donors (Lipinski definition) is 1. The number of nitrogens with one attached hydrogen (secondary N) is 1. The van der Waals surface area contributed by atoms with Crippen molar-refractivity contribution >= 4 is 12.4 Å². The molecule has 0 aliphatic rings. The summed E-state index contributed by atoms with van der Waals surface area (Å²) in [5, 5.41) is 12.0. The fourth-order valence-corrected chi connectivity index (χ4v) is 2.30. The Morgan fingerprint density at radius 2 is 2.12 bits per heavy atom. The number of aliphatic imine (C=N–C) groups is 1. The monoisotopic (exact) mass is 344 g/mol. The second-order valence-electron chi connectivity index (χ2n) is 5.76. The molecule has 0 atom stereocenters. The number of halogens is 2. The van der Waals surface area contributed by atoms with Crippen molar-refractivity contribution in [1.82, 2.24) is 10.3 Å². The van der Waals surface area contributed by atoms with Crippen molar-refractivity contribution in [3.8, 4) is 17.5 Å². The highest BCUT2D eigenvalue weighted by atomic mass is 19.2. The van der Waals surface area contributed by atoms with Gasteiger partial charge in [-0.1, -0.05) is 13.8 Å². The third-order valence-corrected chi connectivity index (χ3v) is 3.44. The molecule has 1 N–H and O–H groups in total. The van der Waals surface area contributed by atoms with E-state index in [9.17, 15) is 14.0 Å². The van der Waals surface area contributed by atoms with Crippen LogP contribution in [0, 0.1) is 28.9 Å². The summed E-state index contributed by atoms with van der Waals surface area (Å²) in [4.78, 5) is 8.25. The summed E-state index contributed by atoms with van der Waals surface area (Å²) < 4.78 is 32.4. The summed E-state index contributed by atoms with van der Waals surface area (Å²) in [5.74, 6) is -1.07. The molecule has 130 valence electrons. The van der Waals surface area contributed by atoms with Gasteiger partial charge in [-0.2, -0.15) is 5.26 Å². The summed E-state index contributed by atoms with van der Waals surface area (Å²) in [6, 6.07) is 5.39. The predicted octanol–water partition coefficient (Wildman–Crippen LogP) is 3.93. The Bertz CT molecular complexity index is 862. The van der Waals surface area contributed by atoms with Crippen LogP contribution in [0.15, 0.2) is 33.3 Å². The van der Waals surface area contributed by atoms with Crippen LogP contribution >= 0.6 is 0 Å². The molecule has 0 aliphatic heterocycles. The van der Waals surface area contributed by atoms with E-state index in [-0.39, 0.29) is 23.2 Å². The van der Waals surface area contributed by atoms with Gasteiger partial charge in [0.05, 0.1) is 0 Å². The lowest BCUT2D eigenvalue weighted by Crippen LogP contribution is -2.07. The number of benzene rings is 1. The van der Waals surface area contributed by atoms with Crippen molar-refractivity contribution in [3.05, 3.63) is 47.0 Å². The second-order valence-corrected chi connectivity index (χ2v) is 5.76. The minimum absolute atomic E-state index is 0.124. The summed E-state index contributed by atoms with van der Waals surface area (Å²) in [7, 11) is 1.59. The third kappa shape index (κ3) is 3.91. The van der Waals surface area contributed by atoms with E-state index in [0.717, 1.165) is 12.1 Å². The lowest BCUT2D eigenvalue weighted by Gasteiger charge is -2.06. The van der Waals surface area contributed by atoms with Gasteiger partial charge < -0.3 is 9.73 Å². The quantitative estimate of drug-likeness (QED) is 0.636. The van der Waals surface area contributed by atoms with Crippen LogP contribution in [0.1, 0.15) is 25.3 Å². The number of rotatable bonds is 6. The number of allylic oxidation sites excluding steroid dienone is 1. The number of nitrogens with zero attached hydrogens (tertiary/aromatic N) is 3. The molecule has 0 aliphatic carbocycles. The highest BCUT2D eigenvalue weighted by Gasteiger charge is 2.21. The molecule has 0 saturated heterocycles. The molecule has 7 heteroatoms. The van der Waals surface area contributed by atoms with E-state index in [1.807, 2.05) is 19.9 Å². The van der Waals surface area contributed by atoms with Crippen LogP contribution in [0.2, 0.25) is 0 Å². The Labute approximate surface area is 144 Å². The Morgan fingerprint density at radius 1 is 1.40 bits per heavy atom. The Balaban J connectivity index is 2.65. The maximum atomic E-state index is 13.5. The summed E-state index contributed by atoms with van der Waals surface area (Å²) in [6.45, 7) is 7.49. The molecule has 0 spiro atoms. The van der Waals surface area contributed by atoms with Crippen LogP contribution in [-0.2, 0) is 6.42 Å². The van der Waals surface area contributed by atoms with Crippen LogP contribution in [-0.4, -0.2) is 18.7 Å². The van der Waals surface area contributed by atoms with Gasteiger partial charge in [-0.3, -0.25) is 4.99 Å². The summed E-state index contributed by atoms with van der Waals surface area (Å²) in [5.41, 5.74) is 1.08. The molecule has 2 rings (SSSR count).